The molecule has 0 unspecified atom stereocenters. The highest BCUT2D eigenvalue weighted by Crippen LogP contribution is 2.20. The van der Waals surface area contributed by atoms with Gasteiger partial charge in [-0.2, -0.15) is 5.26 Å². The molecule has 0 radical (unpaired) electrons. The molecule has 1 amide bonds. The van der Waals surface area contributed by atoms with Crippen molar-refractivity contribution in [2.75, 3.05) is 5.32 Å². The van der Waals surface area contributed by atoms with Crippen LogP contribution in [0, 0.1) is 17.1 Å². The Morgan fingerprint density at radius 2 is 2.05 bits per heavy atom. The summed E-state index contributed by atoms with van der Waals surface area (Å²) in [6.07, 6.45) is -0.753. The number of nitrogens with zero attached hydrogens (tertiary/aromatic N) is 1. The fourth-order valence-electron chi connectivity index (χ4n) is 1.86. The van der Waals surface area contributed by atoms with Crippen molar-refractivity contribution in [3.8, 4) is 6.07 Å². The van der Waals surface area contributed by atoms with Crippen LogP contribution in [0.5, 0.6) is 0 Å². The van der Waals surface area contributed by atoms with Crippen LogP contribution in [0.1, 0.15) is 16.7 Å². The Hall–Kier alpha value is -2.91. The van der Waals surface area contributed by atoms with Crippen LogP contribution >= 0.6 is 0 Å². The molecule has 0 saturated carbocycles. The summed E-state index contributed by atoms with van der Waals surface area (Å²) in [5, 5.41) is 20.3. The highest BCUT2D eigenvalue weighted by Gasteiger charge is 2.12. The Morgan fingerprint density at radius 3 is 2.68 bits per heavy atom. The number of halogens is 1. The lowest BCUT2D eigenvalue weighted by molar-refractivity contribution is 0.155. The van der Waals surface area contributed by atoms with Gasteiger partial charge in [-0.3, -0.25) is 5.32 Å². The number of anilines is 1. The Balaban J connectivity index is 2.03. The maximum Gasteiger partial charge on any atom is 0.411 e. The molecule has 2 rings (SSSR count). The average molecular weight is 300 g/mol. The molecule has 0 saturated heterocycles. The lowest BCUT2D eigenvalue weighted by Crippen LogP contribution is -2.14. The Kier molecular flexibility index (Phi) is 5.07. The molecular formula is C16H13FN2O3. The van der Waals surface area contributed by atoms with Crippen LogP contribution < -0.4 is 5.32 Å². The first-order valence-electron chi connectivity index (χ1n) is 6.45. The third kappa shape index (κ3) is 3.81. The van der Waals surface area contributed by atoms with Crippen LogP contribution in [0.3, 0.4) is 0 Å². The number of hydrogen-bond acceptors (Lipinski definition) is 4. The maximum absolute atomic E-state index is 13.7. The fourth-order valence-corrected chi connectivity index (χ4v) is 1.86. The molecule has 5 nitrogen and oxygen atoms in total. The molecule has 0 aliphatic heterocycles. The second-order valence-electron chi connectivity index (χ2n) is 4.45. The largest absolute Gasteiger partial charge is 0.444 e. The molecule has 0 aliphatic carbocycles. The number of rotatable bonds is 4. The number of ether oxygens (including phenoxy) is 1. The van der Waals surface area contributed by atoms with Gasteiger partial charge in [0.25, 0.3) is 0 Å². The molecule has 0 aromatic heterocycles. The van der Waals surface area contributed by atoms with Crippen LogP contribution in [-0.2, 0) is 18.0 Å². The van der Waals surface area contributed by atoms with Crippen LogP contribution in [0.2, 0.25) is 0 Å². The Labute approximate surface area is 126 Å². The van der Waals surface area contributed by atoms with E-state index < -0.39 is 18.5 Å². The SMILES string of the molecule is N#Cc1c(F)cc(NC(=O)OCc2ccccc2)cc1CO. The molecule has 0 spiro atoms. The van der Waals surface area contributed by atoms with Gasteiger partial charge in [-0.05, 0) is 17.7 Å². The molecule has 6 heteroatoms. The number of nitriles is 1. The molecule has 0 atom stereocenters. The number of aliphatic hydroxyl groups is 1. The van der Waals surface area contributed by atoms with Crippen molar-refractivity contribution in [3.63, 3.8) is 0 Å². The van der Waals surface area contributed by atoms with Crippen LogP contribution in [0.15, 0.2) is 42.5 Å². The predicted molar refractivity (Wildman–Crippen MR) is 77.3 cm³/mol. The van der Waals surface area contributed by atoms with Gasteiger partial charge in [0.1, 0.15) is 18.5 Å². The molecule has 0 heterocycles. The number of carbonyl (C=O) groups excluding carboxylic acids is 1. The summed E-state index contributed by atoms with van der Waals surface area (Å²) in [4.78, 5) is 11.7. The summed E-state index contributed by atoms with van der Waals surface area (Å²) < 4.78 is 18.7. The van der Waals surface area contributed by atoms with Crippen molar-refractivity contribution in [2.45, 2.75) is 13.2 Å². The number of benzene rings is 2. The zero-order valence-corrected chi connectivity index (χ0v) is 11.5. The summed E-state index contributed by atoms with van der Waals surface area (Å²) in [5.74, 6) is -0.813. The van der Waals surface area contributed by atoms with Gasteiger partial charge in [0.05, 0.1) is 12.2 Å². The van der Waals surface area contributed by atoms with Gasteiger partial charge < -0.3 is 9.84 Å². The van der Waals surface area contributed by atoms with Crippen molar-refractivity contribution in [3.05, 3.63) is 65.0 Å². The molecule has 2 N–H and O–H groups in total. The van der Waals surface area contributed by atoms with Gasteiger partial charge in [-0.1, -0.05) is 30.3 Å². The van der Waals surface area contributed by atoms with Crippen molar-refractivity contribution in [1.29, 1.82) is 5.26 Å². The van der Waals surface area contributed by atoms with Crippen LogP contribution in [0.25, 0.3) is 0 Å². The first-order chi connectivity index (χ1) is 10.6. The predicted octanol–water partition coefficient (Wildman–Crippen LogP) is 2.94. The zero-order chi connectivity index (χ0) is 15.9. The summed E-state index contributed by atoms with van der Waals surface area (Å²) in [6.45, 7) is -0.424. The van der Waals surface area contributed by atoms with Gasteiger partial charge in [0, 0.05) is 11.3 Å². The zero-order valence-electron chi connectivity index (χ0n) is 11.5. The van der Waals surface area contributed by atoms with E-state index in [1.54, 1.807) is 18.2 Å². The van der Waals surface area contributed by atoms with E-state index in [4.69, 9.17) is 15.1 Å². The fraction of sp³-hybridized carbons (Fsp3) is 0.125. The van der Waals surface area contributed by atoms with E-state index in [2.05, 4.69) is 5.32 Å². The van der Waals surface area contributed by atoms with Crippen LogP contribution in [0.4, 0.5) is 14.9 Å². The van der Waals surface area contributed by atoms with E-state index in [9.17, 15) is 9.18 Å². The van der Waals surface area contributed by atoms with Gasteiger partial charge in [-0.25, -0.2) is 9.18 Å². The van der Waals surface area contributed by atoms with E-state index in [1.807, 2.05) is 18.2 Å². The normalized spacial score (nSPS) is 9.86. The molecule has 0 bridgehead atoms. The van der Waals surface area contributed by atoms with E-state index >= 15 is 0 Å². The van der Waals surface area contributed by atoms with Crippen molar-refractivity contribution >= 4 is 11.8 Å². The van der Waals surface area contributed by atoms with Gasteiger partial charge in [0.2, 0.25) is 0 Å². The minimum atomic E-state index is -0.813. The number of aliphatic hydroxyl groups excluding tert-OH is 1. The first kappa shape index (κ1) is 15.5. The van der Waals surface area contributed by atoms with Crippen molar-refractivity contribution < 1.29 is 19.0 Å². The molecular weight excluding hydrogens is 287 g/mol. The summed E-state index contributed by atoms with van der Waals surface area (Å²) in [5.41, 5.74) is 0.782. The Bertz CT molecular complexity index is 711. The number of carbonyl (C=O) groups is 1. The lowest BCUT2D eigenvalue weighted by atomic mass is 10.1. The van der Waals surface area contributed by atoms with Crippen LogP contribution in [-0.4, -0.2) is 11.2 Å². The molecule has 0 fully saturated rings. The van der Waals surface area contributed by atoms with E-state index in [0.717, 1.165) is 11.6 Å². The van der Waals surface area contributed by atoms with E-state index in [0.29, 0.717) is 0 Å². The van der Waals surface area contributed by atoms with Crippen molar-refractivity contribution in [2.24, 2.45) is 0 Å². The topological polar surface area (TPSA) is 82.4 Å². The molecule has 112 valence electrons. The van der Waals surface area contributed by atoms with Gasteiger partial charge >= 0.3 is 6.09 Å². The van der Waals surface area contributed by atoms with E-state index in [1.165, 1.54) is 6.07 Å². The molecule has 2 aromatic rings. The minimum Gasteiger partial charge on any atom is -0.444 e. The smallest absolute Gasteiger partial charge is 0.411 e. The molecule has 0 aliphatic rings. The van der Waals surface area contributed by atoms with Gasteiger partial charge in [0.15, 0.2) is 0 Å². The minimum absolute atomic E-state index is 0.0816. The quantitative estimate of drug-likeness (QED) is 0.909. The monoisotopic (exact) mass is 300 g/mol. The second kappa shape index (κ2) is 7.20. The maximum atomic E-state index is 13.7. The van der Waals surface area contributed by atoms with Crippen molar-refractivity contribution in [1.82, 2.24) is 0 Å². The Morgan fingerprint density at radius 1 is 1.32 bits per heavy atom. The third-order valence-electron chi connectivity index (χ3n) is 2.91. The summed E-state index contributed by atoms with van der Waals surface area (Å²) in [7, 11) is 0. The summed E-state index contributed by atoms with van der Waals surface area (Å²) >= 11 is 0. The standard InChI is InChI=1S/C16H13FN2O3/c17-15-7-13(6-12(9-20)14(15)8-18)19-16(21)22-10-11-4-2-1-3-5-11/h1-7,20H,9-10H2,(H,19,21). The first-order valence-corrected chi connectivity index (χ1v) is 6.45. The second-order valence-corrected chi connectivity index (χ2v) is 4.45. The summed E-state index contributed by atoms with van der Waals surface area (Å²) in [6, 6.07) is 13.1. The van der Waals surface area contributed by atoms with E-state index in [-0.39, 0.29) is 23.4 Å². The average Bonchev–Trinajstić information content (AvgIpc) is 2.53. The lowest BCUT2D eigenvalue weighted by Gasteiger charge is -2.09. The molecule has 22 heavy (non-hydrogen) atoms. The highest BCUT2D eigenvalue weighted by atomic mass is 19.1. The number of amides is 1. The number of hydrogen-bond donors (Lipinski definition) is 2. The highest BCUT2D eigenvalue weighted by molar-refractivity contribution is 5.84. The van der Waals surface area contributed by atoms with Gasteiger partial charge in [-0.15, -0.1) is 0 Å². The third-order valence-corrected chi connectivity index (χ3v) is 2.91. The number of nitrogens with one attached hydrogen (secondary N) is 1. The molecule has 2 aromatic carbocycles.